The number of aromatic amines is 1. The molecule has 0 unspecified atom stereocenters. The van der Waals surface area contributed by atoms with E-state index in [1.807, 2.05) is 24.4 Å². The molecule has 6 heteroatoms. The van der Waals surface area contributed by atoms with Gasteiger partial charge in [-0.25, -0.2) is 0 Å². The summed E-state index contributed by atoms with van der Waals surface area (Å²) in [5.74, 6) is 0.535. The van der Waals surface area contributed by atoms with E-state index >= 15 is 0 Å². The van der Waals surface area contributed by atoms with E-state index in [2.05, 4.69) is 10.3 Å². The van der Waals surface area contributed by atoms with Crippen LogP contribution in [0, 0.1) is 0 Å². The van der Waals surface area contributed by atoms with Gasteiger partial charge in [0.25, 0.3) is 0 Å². The predicted octanol–water partition coefficient (Wildman–Crippen LogP) is 3.37. The van der Waals surface area contributed by atoms with Crippen molar-refractivity contribution in [2.45, 2.75) is 6.42 Å². The van der Waals surface area contributed by atoms with Crippen molar-refractivity contribution in [1.82, 2.24) is 4.98 Å². The number of benzene rings is 2. The Kier molecular flexibility index (Phi) is 5.03. The monoisotopic (exact) mass is 344 g/mol. The molecule has 124 valence electrons. The molecule has 3 N–H and O–H groups in total. The van der Waals surface area contributed by atoms with Gasteiger partial charge in [0.15, 0.2) is 0 Å². The Hall–Kier alpha value is -2.50. The summed E-state index contributed by atoms with van der Waals surface area (Å²) in [5, 5.41) is 13.2. The smallest absolute Gasteiger partial charge is 0.228 e. The van der Waals surface area contributed by atoms with Crippen molar-refractivity contribution < 1.29 is 14.6 Å². The number of carbonyl (C=O) groups excluding carboxylic acids is 1. The first-order chi connectivity index (χ1) is 11.7. The number of fused-ring (bicyclic) bond motifs is 1. The van der Waals surface area contributed by atoms with Gasteiger partial charge in [-0.3, -0.25) is 4.79 Å². The molecule has 3 rings (SSSR count). The highest BCUT2D eigenvalue weighted by Crippen LogP contribution is 2.23. The van der Waals surface area contributed by atoms with Gasteiger partial charge in [0.2, 0.25) is 5.91 Å². The molecule has 0 bridgehead atoms. The number of hydrogen-bond acceptors (Lipinski definition) is 3. The third kappa shape index (κ3) is 3.88. The second-order valence-electron chi connectivity index (χ2n) is 5.33. The Balaban J connectivity index is 1.65. The van der Waals surface area contributed by atoms with Crippen molar-refractivity contribution in [3.05, 3.63) is 59.2 Å². The van der Waals surface area contributed by atoms with E-state index in [-0.39, 0.29) is 25.5 Å². The third-order valence-electron chi connectivity index (χ3n) is 3.58. The van der Waals surface area contributed by atoms with Crippen LogP contribution in [0.3, 0.4) is 0 Å². The molecule has 0 aliphatic heterocycles. The van der Waals surface area contributed by atoms with Crippen molar-refractivity contribution >= 4 is 34.1 Å². The molecule has 5 nitrogen and oxygen atoms in total. The number of hydrogen-bond donors (Lipinski definition) is 3. The van der Waals surface area contributed by atoms with E-state index in [9.17, 15) is 4.79 Å². The minimum atomic E-state index is -0.111. The summed E-state index contributed by atoms with van der Waals surface area (Å²) in [5.41, 5.74) is 2.54. The molecule has 0 aliphatic carbocycles. The molecular formula is C18H17ClN2O3. The number of aliphatic hydroxyl groups excluding tert-OH is 1. The van der Waals surface area contributed by atoms with Crippen molar-refractivity contribution in [2.75, 3.05) is 18.5 Å². The summed E-state index contributed by atoms with van der Waals surface area (Å²) in [6.45, 7) is 0.210. The Morgan fingerprint density at radius 1 is 1.21 bits per heavy atom. The van der Waals surface area contributed by atoms with E-state index in [0.717, 1.165) is 16.5 Å². The summed E-state index contributed by atoms with van der Waals surface area (Å²) < 4.78 is 5.28. The molecule has 0 atom stereocenters. The van der Waals surface area contributed by atoms with Crippen LogP contribution in [0.2, 0.25) is 5.02 Å². The van der Waals surface area contributed by atoms with Crippen molar-refractivity contribution in [3.63, 3.8) is 0 Å². The molecule has 0 radical (unpaired) electrons. The highest BCUT2D eigenvalue weighted by molar-refractivity contribution is 6.31. The number of anilines is 1. The van der Waals surface area contributed by atoms with E-state index in [4.69, 9.17) is 21.4 Å². The number of rotatable bonds is 6. The Bertz CT molecular complexity index is 843. The molecule has 0 spiro atoms. The zero-order chi connectivity index (χ0) is 16.9. The van der Waals surface area contributed by atoms with Gasteiger partial charge in [-0.1, -0.05) is 11.6 Å². The number of aliphatic hydroxyl groups is 1. The fourth-order valence-electron chi connectivity index (χ4n) is 2.47. The SMILES string of the molecule is O=C(Cc1c[nH]c2ccc(Cl)cc12)Nc1ccc(OCCO)cc1. The van der Waals surface area contributed by atoms with E-state index < -0.39 is 0 Å². The first-order valence-corrected chi connectivity index (χ1v) is 7.92. The molecule has 3 aromatic rings. The van der Waals surface area contributed by atoms with Gasteiger partial charge in [0.05, 0.1) is 13.0 Å². The maximum Gasteiger partial charge on any atom is 0.228 e. The summed E-state index contributed by atoms with van der Waals surface area (Å²) in [7, 11) is 0. The summed E-state index contributed by atoms with van der Waals surface area (Å²) in [4.78, 5) is 15.4. The van der Waals surface area contributed by atoms with E-state index in [1.165, 1.54) is 0 Å². The maximum absolute atomic E-state index is 12.2. The van der Waals surface area contributed by atoms with Crippen LogP contribution >= 0.6 is 11.6 Å². The molecular weight excluding hydrogens is 328 g/mol. The van der Waals surface area contributed by atoms with Gasteiger partial charge in [-0.2, -0.15) is 0 Å². The summed E-state index contributed by atoms with van der Waals surface area (Å²) >= 11 is 6.02. The second-order valence-corrected chi connectivity index (χ2v) is 5.76. The Morgan fingerprint density at radius 3 is 2.75 bits per heavy atom. The summed E-state index contributed by atoms with van der Waals surface area (Å²) in [6.07, 6.45) is 2.08. The van der Waals surface area contributed by atoms with Crippen LogP contribution in [0.15, 0.2) is 48.7 Å². The largest absolute Gasteiger partial charge is 0.491 e. The average Bonchev–Trinajstić information content (AvgIpc) is 2.96. The van der Waals surface area contributed by atoms with Gasteiger partial charge >= 0.3 is 0 Å². The minimum Gasteiger partial charge on any atom is -0.491 e. The van der Waals surface area contributed by atoms with Crippen LogP contribution in [0.25, 0.3) is 10.9 Å². The van der Waals surface area contributed by atoms with Gasteiger partial charge in [0.1, 0.15) is 12.4 Å². The normalized spacial score (nSPS) is 10.8. The van der Waals surface area contributed by atoms with Crippen LogP contribution in [0.4, 0.5) is 5.69 Å². The first-order valence-electron chi connectivity index (χ1n) is 7.55. The highest BCUT2D eigenvalue weighted by Gasteiger charge is 2.10. The lowest BCUT2D eigenvalue weighted by atomic mass is 10.1. The highest BCUT2D eigenvalue weighted by atomic mass is 35.5. The molecule has 24 heavy (non-hydrogen) atoms. The number of nitrogens with one attached hydrogen (secondary N) is 2. The lowest BCUT2D eigenvalue weighted by Gasteiger charge is -2.07. The van der Waals surface area contributed by atoms with E-state index in [0.29, 0.717) is 16.5 Å². The topological polar surface area (TPSA) is 74.4 Å². The molecule has 1 heterocycles. The Morgan fingerprint density at radius 2 is 2.00 bits per heavy atom. The van der Waals surface area contributed by atoms with Crippen molar-refractivity contribution in [1.29, 1.82) is 0 Å². The molecule has 0 fully saturated rings. The van der Waals surface area contributed by atoms with Gasteiger partial charge < -0.3 is 20.1 Å². The zero-order valence-electron chi connectivity index (χ0n) is 12.9. The van der Waals surface area contributed by atoms with Crippen LogP contribution in [0.1, 0.15) is 5.56 Å². The number of carbonyl (C=O) groups is 1. The van der Waals surface area contributed by atoms with Crippen molar-refractivity contribution in [3.8, 4) is 5.75 Å². The van der Waals surface area contributed by atoms with Gasteiger partial charge in [-0.05, 0) is 48.0 Å². The molecule has 1 amide bonds. The third-order valence-corrected chi connectivity index (χ3v) is 3.81. The Labute approximate surface area is 144 Å². The lowest BCUT2D eigenvalue weighted by molar-refractivity contribution is -0.115. The van der Waals surface area contributed by atoms with Crippen LogP contribution in [-0.2, 0) is 11.2 Å². The molecule has 2 aromatic carbocycles. The quantitative estimate of drug-likeness (QED) is 0.641. The second kappa shape index (κ2) is 7.38. The molecule has 0 saturated heterocycles. The summed E-state index contributed by atoms with van der Waals surface area (Å²) in [6, 6.07) is 12.6. The van der Waals surface area contributed by atoms with E-state index in [1.54, 1.807) is 24.3 Å². The number of H-pyrrole nitrogens is 1. The van der Waals surface area contributed by atoms with Crippen LogP contribution in [-0.4, -0.2) is 29.2 Å². The van der Waals surface area contributed by atoms with Crippen LogP contribution in [0.5, 0.6) is 5.75 Å². The van der Waals surface area contributed by atoms with Crippen LogP contribution < -0.4 is 10.1 Å². The van der Waals surface area contributed by atoms with Gasteiger partial charge in [0, 0.05) is 27.8 Å². The minimum absolute atomic E-state index is 0.0346. The molecule has 1 aromatic heterocycles. The average molecular weight is 345 g/mol. The first kappa shape index (κ1) is 16.4. The number of aromatic nitrogens is 1. The van der Waals surface area contributed by atoms with Gasteiger partial charge in [-0.15, -0.1) is 0 Å². The standard InChI is InChI=1S/C18H17ClN2O3/c19-13-1-6-17-16(10-13)12(11-20-17)9-18(23)21-14-2-4-15(5-3-14)24-8-7-22/h1-6,10-11,20,22H,7-9H2,(H,21,23). The molecule has 0 saturated carbocycles. The fourth-order valence-corrected chi connectivity index (χ4v) is 2.65. The lowest BCUT2D eigenvalue weighted by Crippen LogP contribution is -2.14. The fraction of sp³-hybridized carbons (Fsp3) is 0.167. The maximum atomic E-state index is 12.2. The number of halogens is 1. The number of ether oxygens (including phenoxy) is 1. The molecule has 0 aliphatic rings. The van der Waals surface area contributed by atoms with Crippen molar-refractivity contribution in [2.24, 2.45) is 0 Å². The zero-order valence-corrected chi connectivity index (χ0v) is 13.6. The number of amides is 1. The predicted molar refractivity (Wildman–Crippen MR) is 94.7 cm³/mol.